The van der Waals surface area contributed by atoms with E-state index in [1.807, 2.05) is 6.92 Å². The molecule has 0 spiro atoms. The molecule has 0 aromatic heterocycles. The van der Waals surface area contributed by atoms with E-state index in [0.717, 1.165) is 0 Å². The molecule has 0 bridgehead atoms. The normalized spacial score (nSPS) is 19.0. The van der Waals surface area contributed by atoms with Gasteiger partial charge in [0, 0.05) is 24.7 Å². The average molecular weight is 252 g/mol. The Morgan fingerprint density at radius 1 is 1.56 bits per heavy atom. The summed E-state index contributed by atoms with van der Waals surface area (Å²) in [7, 11) is 0. The number of aliphatic carboxylic acids is 1. The first-order valence-corrected chi connectivity index (χ1v) is 5.97. The summed E-state index contributed by atoms with van der Waals surface area (Å²) in [6, 6.07) is 6.33. The van der Waals surface area contributed by atoms with Crippen LogP contribution in [0.1, 0.15) is 24.9 Å². The number of halogens is 1. The molecule has 1 saturated heterocycles. The fraction of sp³-hybridized carbons (Fsp3) is 0.462. The quantitative estimate of drug-likeness (QED) is 0.739. The Hall–Kier alpha value is -1.46. The summed E-state index contributed by atoms with van der Waals surface area (Å²) in [6.45, 7) is 3.04. The molecule has 1 aliphatic heterocycles. The van der Waals surface area contributed by atoms with Crippen LogP contribution in [-0.2, 0) is 4.79 Å². The van der Waals surface area contributed by atoms with Gasteiger partial charge in [-0.2, -0.15) is 0 Å². The van der Waals surface area contributed by atoms with Crippen LogP contribution in [0.2, 0.25) is 0 Å². The second kappa shape index (κ2) is 5.04. The molecule has 1 atom stereocenters. The topological polar surface area (TPSA) is 61.4 Å². The molecule has 0 saturated carbocycles. The summed E-state index contributed by atoms with van der Waals surface area (Å²) in [5.74, 6) is -1.11. The van der Waals surface area contributed by atoms with Gasteiger partial charge in [-0.25, -0.2) is 4.39 Å². The molecular formula is C13H17FN2O2. The first-order chi connectivity index (χ1) is 8.52. The molecule has 98 valence electrons. The zero-order valence-electron chi connectivity index (χ0n) is 10.2. The summed E-state index contributed by atoms with van der Waals surface area (Å²) < 4.78 is 13.6. The maximum absolute atomic E-state index is 13.6. The van der Waals surface area contributed by atoms with Gasteiger partial charge in [-0.1, -0.05) is 18.2 Å². The summed E-state index contributed by atoms with van der Waals surface area (Å²) in [5.41, 5.74) is 0.0993. The van der Waals surface area contributed by atoms with Crippen LogP contribution in [0.3, 0.4) is 0 Å². The molecule has 2 rings (SSSR count). The van der Waals surface area contributed by atoms with E-state index in [-0.39, 0.29) is 18.3 Å². The van der Waals surface area contributed by atoms with Crippen molar-refractivity contribution in [3.05, 3.63) is 35.6 Å². The highest BCUT2D eigenvalue weighted by Crippen LogP contribution is 2.24. The predicted octanol–water partition coefficient (Wildman–Crippen LogP) is 1.29. The molecule has 1 aliphatic rings. The molecule has 5 heteroatoms. The lowest BCUT2D eigenvalue weighted by atomic mass is 9.87. The number of carboxylic acids is 1. The number of benzene rings is 1. The van der Waals surface area contributed by atoms with Crippen LogP contribution < -0.4 is 10.6 Å². The van der Waals surface area contributed by atoms with Crippen molar-refractivity contribution in [2.45, 2.75) is 24.9 Å². The van der Waals surface area contributed by atoms with Crippen LogP contribution in [0.5, 0.6) is 0 Å². The highest BCUT2D eigenvalue weighted by molar-refractivity contribution is 5.68. The maximum Gasteiger partial charge on any atom is 0.305 e. The standard InChI is InChI=1S/C13H17FN2O2/c1-9(10-4-2-3-5-11(10)14)16-13(6-12(17)18)7-15-8-13/h2-5,9,15-16H,6-8H2,1H3,(H,17,18). The van der Waals surface area contributed by atoms with Crippen LogP contribution in [0.4, 0.5) is 4.39 Å². The minimum absolute atomic E-state index is 0.0405. The van der Waals surface area contributed by atoms with Gasteiger partial charge in [0.1, 0.15) is 5.82 Å². The Morgan fingerprint density at radius 2 is 2.22 bits per heavy atom. The van der Waals surface area contributed by atoms with Crippen molar-refractivity contribution < 1.29 is 14.3 Å². The lowest BCUT2D eigenvalue weighted by molar-refractivity contribution is -0.139. The zero-order valence-corrected chi connectivity index (χ0v) is 10.2. The van der Waals surface area contributed by atoms with Gasteiger partial charge in [0.15, 0.2) is 0 Å². The molecule has 1 fully saturated rings. The van der Waals surface area contributed by atoms with Crippen molar-refractivity contribution in [2.75, 3.05) is 13.1 Å². The second-order valence-electron chi connectivity index (χ2n) is 4.84. The molecule has 1 unspecified atom stereocenters. The monoisotopic (exact) mass is 252 g/mol. The number of hydrogen-bond donors (Lipinski definition) is 3. The first kappa shape index (κ1) is 13.0. The molecular weight excluding hydrogens is 235 g/mol. The van der Waals surface area contributed by atoms with E-state index in [1.165, 1.54) is 6.07 Å². The van der Waals surface area contributed by atoms with E-state index in [0.29, 0.717) is 18.7 Å². The zero-order chi connectivity index (χ0) is 13.2. The fourth-order valence-electron chi connectivity index (χ4n) is 2.36. The number of rotatable bonds is 5. The van der Waals surface area contributed by atoms with Crippen molar-refractivity contribution >= 4 is 5.97 Å². The molecule has 0 aliphatic carbocycles. The van der Waals surface area contributed by atoms with Crippen molar-refractivity contribution in [3.63, 3.8) is 0 Å². The molecule has 4 nitrogen and oxygen atoms in total. The minimum atomic E-state index is -0.843. The Bertz CT molecular complexity index is 446. The third kappa shape index (κ3) is 2.68. The third-order valence-corrected chi connectivity index (χ3v) is 3.31. The first-order valence-electron chi connectivity index (χ1n) is 5.97. The van der Waals surface area contributed by atoms with E-state index < -0.39 is 11.5 Å². The third-order valence-electron chi connectivity index (χ3n) is 3.31. The van der Waals surface area contributed by atoms with E-state index in [2.05, 4.69) is 10.6 Å². The smallest absolute Gasteiger partial charge is 0.305 e. The van der Waals surface area contributed by atoms with E-state index in [1.54, 1.807) is 18.2 Å². The largest absolute Gasteiger partial charge is 0.481 e. The highest BCUT2D eigenvalue weighted by Gasteiger charge is 2.40. The molecule has 1 aromatic rings. The van der Waals surface area contributed by atoms with Crippen LogP contribution in [-0.4, -0.2) is 29.7 Å². The van der Waals surface area contributed by atoms with Gasteiger partial charge in [0.25, 0.3) is 0 Å². The lowest BCUT2D eigenvalue weighted by Crippen LogP contribution is -2.68. The molecule has 0 amide bonds. The summed E-state index contributed by atoms with van der Waals surface area (Å²) in [6.07, 6.45) is 0.0405. The van der Waals surface area contributed by atoms with Crippen LogP contribution >= 0.6 is 0 Å². The van der Waals surface area contributed by atoms with Gasteiger partial charge in [-0.3, -0.25) is 4.79 Å². The number of carboxylic acid groups (broad SMARTS) is 1. The van der Waals surface area contributed by atoms with Gasteiger partial charge in [-0.15, -0.1) is 0 Å². The number of hydrogen-bond acceptors (Lipinski definition) is 3. The number of nitrogens with one attached hydrogen (secondary N) is 2. The predicted molar refractivity (Wildman–Crippen MR) is 65.8 cm³/mol. The van der Waals surface area contributed by atoms with Gasteiger partial charge < -0.3 is 15.7 Å². The van der Waals surface area contributed by atoms with E-state index in [4.69, 9.17) is 5.11 Å². The van der Waals surface area contributed by atoms with Gasteiger partial charge in [0.2, 0.25) is 0 Å². The molecule has 1 heterocycles. The SMILES string of the molecule is CC(NC1(CC(=O)O)CNC1)c1ccccc1F. The van der Waals surface area contributed by atoms with E-state index >= 15 is 0 Å². The summed E-state index contributed by atoms with van der Waals surface area (Å²) in [4.78, 5) is 10.9. The van der Waals surface area contributed by atoms with Crippen LogP contribution in [0.25, 0.3) is 0 Å². The van der Waals surface area contributed by atoms with Crippen molar-refractivity contribution in [1.29, 1.82) is 0 Å². The maximum atomic E-state index is 13.6. The molecule has 18 heavy (non-hydrogen) atoms. The lowest BCUT2D eigenvalue weighted by Gasteiger charge is -2.44. The summed E-state index contributed by atoms with van der Waals surface area (Å²) in [5, 5.41) is 15.2. The molecule has 1 aromatic carbocycles. The Labute approximate surface area is 105 Å². The van der Waals surface area contributed by atoms with Crippen LogP contribution in [0.15, 0.2) is 24.3 Å². The average Bonchev–Trinajstić information content (AvgIpc) is 2.25. The van der Waals surface area contributed by atoms with Gasteiger partial charge in [-0.05, 0) is 13.0 Å². The summed E-state index contributed by atoms with van der Waals surface area (Å²) >= 11 is 0. The highest BCUT2D eigenvalue weighted by atomic mass is 19.1. The second-order valence-corrected chi connectivity index (χ2v) is 4.84. The van der Waals surface area contributed by atoms with Gasteiger partial charge in [0.05, 0.1) is 12.0 Å². The molecule has 3 N–H and O–H groups in total. The minimum Gasteiger partial charge on any atom is -0.481 e. The van der Waals surface area contributed by atoms with Crippen molar-refractivity contribution in [3.8, 4) is 0 Å². The molecule has 0 radical (unpaired) electrons. The van der Waals surface area contributed by atoms with E-state index in [9.17, 15) is 9.18 Å². The van der Waals surface area contributed by atoms with Gasteiger partial charge >= 0.3 is 5.97 Å². The Morgan fingerprint density at radius 3 is 2.72 bits per heavy atom. The fourth-order valence-corrected chi connectivity index (χ4v) is 2.36. The number of carbonyl (C=O) groups is 1. The van der Waals surface area contributed by atoms with Crippen molar-refractivity contribution in [2.24, 2.45) is 0 Å². The Kier molecular flexibility index (Phi) is 3.63. The van der Waals surface area contributed by atoms with Crippen LogP contribution in [0, 0.1) is 5.82 Å². The Balaban J connectivity index is 2.08. The van der Waals surface area contributed by atoms with Crippen molar-refractivity contribution in [1.82, 2.24) is 10.6 Å².